The molecule has 0 heterocycles. The fourth-order valence-corrected chi connectivity index (χ4v) is 2.40. The lowest BCUT2D eigenvalue weighted by atomic mass is 9.74. The third-order valence-electron chi connectivity index (χ3n) is 3.25. The molecule has 1 aromatic rings. The molecule has 0 N–H and O–H groups in total. The SMILES string of the molecule is COC(=O)C1C(=O)CC(=O)CC1c1ccccc1. The van der Waals surface area contributed by atoms with Gasteiger partial charge in [0.1, 0.15) is 11.7 Å². The van der Waals surface area contributed by atoms with Crippen LogP contribution in [0.2, 0.25) is 0 Å². The zero-order valence-electron chi connectivity index (χ0n) is 10.1. The molecule has 0 amide bonds. The first-order chi connectivity index (χ1) is 8.63. The average molecular weight is 246 g/mol. The Morgan fingerprint density at radius 3 is 2.50 bits per heavy atom. The summed E-state index contributed by atoms with van der Waals surface area (Å²) < 4.78 is 4.68. The molecule has 94 valence electrons. The molecule has 1 aliphatic rings. The van der Waals surface area contributed by atoms with Crippen LogP contribution in [0, 0.1) is 5.92 Å². The quantitative estimate of drug-likeness (QED) is 0.586. The molecule has 1 aromatic carbocycles. The molecule has 0 bridgehead atoms. The summed E-state index contributed by atoms with van der Waals surface area (Å²) in [5.41, 5.74) is 0.828. The predicted molar refractivity (Wildman–Crippen MR) is 63.9 cm³/mol. The highest BCUT2D eigenvalue weighted by molar-refractivity contribution is 6.11. The van der Waals surface area contributed by atoms with Crippen molar-refractivity contribution in [3.05, 3.63) is 35.9 Å². The van der Waals surface area contributed by atoms with Crippen LogP contribution in [-0.4, -0.2) is 24.6 Å². The molecule has 0 aliphatic heterocycles. The van der Waals surface area contributed by atoms with Crippen LogP contribution in [0.1, 0.15) is 24.3 Å². The number of hydrogen-bond acceptors (Lipinski definition) is 4. The van der Waals surface area contributed by atoms with E-state index in [0.29, 0.717) is 0 Å². The van der Waals surface area contributed by atoms with Crippen molar-refractivity contribution in [1.82, 2.24) is 0 Å². The minimum atomic E-state index is -0.852. The number of methoxy groups -OCH3 is 1. The second kappa shape index (κ2) is 5.12. The number of ketones is 2. The van der Waals surface area contributed by atoms with Crippen LogP contribution in [0.3, 0.4) is 0 Å². The van der Waals surface area contributed by atoms with Gasteiger partial charge in [-0.3, -0.25) is 14.4 Å². The van der Waals surface area contributed by atoms with Gasteiger partial charge in [0.25, 0.3) is 0 Å². The molecule has 0 radical (unpaired) electrons. The highest BCUT2D eigenvalue weighted by Crippen LogP contribution is 2.34. The predicted octanol–water partition coefficient (Wildman–Crippen LogP) is 1.49. The smallest absolute Gasteiger partial charge is 0.316 e. The molecule has 0 saturated heterocycles. The Morgan fingerprint density at radius 1 is 1.22 bits per heavy atom. The molecular weight excluding hydrogens is 232 g/mol. The number of hydrogen-bond donors (Lipinski definition) is 0. The molecule has 18 heavy (non-hydrogen) atoms. The van der Waals surface area contributed by atoms with E-state index in [1.165, 1.54) is 7.11 Å². The molecule has 2 atom stereocenters. The number of carbonyl (C=O) groups excluding carboxylic acids is 3. The molecule has 2 rings (SSSR count). The van der Waals surface area contributed by atoms with Crippen LogP contribution in [0.25, 0.3) is 0 Å². The maximum Gasteiger partial charge on any atom is 0.316 e. The van der Waals surface area contributed by atoms with E-state index in [9.17, 15) is 14.4 Å². The summed E-state index contributed by atoms with van der Waals surface area (Å²) in [7, 11) is 1.26. The van der Waals surface area contributed by atoms with Crippen LogP contribution >= 0.6 is 0 Å². The van der Waals surface area contributed by atoms with Gasteiger partial charge in [-0.05, 0) is 5.56 Å². The van der Waals surface area contributed by atoms with Gasteiger partial charge in [-0.2, -0.15) is 0 Å². The lowest BCUT2D eigenvalue weighted by molar-refractivity contribution is -0.152. The van der Waals surface area contributed by atoms with Crippen LogP contribution < -0.4 is 0 Å². The molecular formula is C14H14O4. The topological polar surface area (TPSA) is 60.4 Å². The number of ether oxygens (including phenoxy) is 1. The lowest BCUT2D eigenvalue weighted by Crippen LogP contribution is -2.37. The van der Waals surface area contributed by atoms with Gasteiger partial charge in [0, 0.05) is 12.3 Å². The van der Waals surface area contributed by atoms with Crippen molar-refractivity contribution in [3.8, 4) is 0 Å². The zero-order chi connectivity index (χ0) is 13.1. The molecule has 4 heteroatoms. The van der Waals surface area contributed by atoms with Gasteiger partial charge in [-0.25, -0.2) is 0 Å². The van der Waals surface area contributed by atoms with Gasteiger partial charge in [0.05, 0.1) is 13.5 Å². The third kappa shape index (κ3) is 2.32. The standard InChI is InChI=1S/C14H14O4/c1-18-14(17)13-11(7-10(15)8-12(13)16)9-5-3-2-4-6-9/h2-6,11,13H,7-8H2,1H3. The first kappa shape index (κ1) is 12.5. The Bertz CT molecular complexity index is 478. The monoisotopic (exact) mass is 246 g/mol. The summed E-state index contributed by atoms with van der Waals surface area (Å²) in [4.78, 5) is 35.1. The molecule has 1 saturated carbocycles. The maximum atomic E-state index is 11.9. The number of Topliss-reactive ketones (excluding diaryl/α,β-unsaturated/α-hetero) is 2. The van der Waals surface area contributed by atoms with Crippen LogP contribution in [-0.2, 0) is 19.1 Å². The fourth-order valence-electron chi connectivity index (χ4n) is 2.40. The van der Waals surface area contributed by atoms with Gasteiger partial charge in [0.15, 0.2) is 5.78 Å². The minimum absolute atomic E-state index is 0.117. The van der Waals surface area contributed by atoms with E-state index < -0.39 is 17.8 Å². The Hall–Kier alpha value is -1.97. The van der Waals surface area contributed by atoms with Crippen molar-refractivity contribution in [1.29, 1.82) is 0 Å². The average Bonchev–Trinajstić information content (AvgIpc) is 2.38. The van der Waals surface area contributed by atoms with Gasteiger partial charge >= 0.3 is 5.97 Å². The number of rotatable bonds is 2. The zero-order valence-corrected chi connectivity index (χ0v) is 10.1. The summed E-state index contributed by atoms with van der Waals surface area (Å²) in [5.74, 6) is -2.26. The Balaban J connectivity index is 2.36. The van der Waals surface area contributed by atoms with E-state index in [0.717, 1.165) is 5.56 Å². The summed E-state index contributed by atoms with van der Waals surface area (Å²) in [6.45, 7) is 0. The highest BCUT2D eigenvalue weighted by Gasteiger charge is 2.42. The van der Waals surface area contributed by atoms with Crippen molar-refractivity contribution in [2.45, 2.75) is 18.8 Å². The van der Waals surface area contributed by atoms with Crippen molar-refractivity contribution in [2.75, 3.05) is 7.11 Å². The van der Waals surface area contributed by atoms with E-state index in [-0.39, 0.29) is 24.4 Å². The van der Waals surface area contributed by atoms with Gasteiger partial charge in [-0.15, -0.1) is 0 Å². The largest absolute Gasteiger partial charge is 0.468 e. The highest BCUT2D eigenvalue weighted by atomic mass is 16.5. The summed E-state index contributed by atoms with van der Waals surface area (Å²) in [6.07, 6.45) is 0.0542. The van der Waals surface area contributed by atoms with E-state index >= 15 is 0 Å². The molecule has 0 spiro atoms. The second-order valence-electron chi connectivity index (χ2n) is 4.40. The van der Waals surface area contributed by atoms with E-state index in [4.69, 9.17) is 0 Å². The molecule has 1 fully saturated rings. The Morgan fingerprint density at radius 2 is 1.89 bits per heavy atom. The van der Waals surface area contributed by atoms with E-state index in [1.807, 2.05) is 30.3 Å². The van der Waals surface area contributed by atoms with Crippen molar-refractivity contribution >= 4 is 17.5 Å². The summed E-state index contributed by atoms with van der Waals surface area (Å²) in [6, 6.07) is 9.16. The molecule has 4 nitrogen and oxygen atoms in total. The Labute approximate surface area is 105 Å². The van der Waals surface area contributed by atoms with E-state index in [1.54, 1.807) is 0 Å². The number of benzene rings is 1. The van der Waals surface area contributed by atoms with Crippen LogP contribution in [0.4, 0.5) is 0 Å². The summed E-state index contributed by atoms with van der Waals surface area (Å²) >= 11 is 0. The van der Waals surface area contributed by atoms with Crippen LogP contribution in [0.5, 0.6) is 0 Å². The van der Waals surface area contributed by atoms with Gasteiger partial charge < -0.3 is 4.74 Å². The second-order valence-corrected chi connectivity index (χ2v) is 4.40. The normalized spacial score (nSPS) is 23.8. The van der Waals surface area contributed by atoms with Crippen molar-refractivity contribution < 1.29 is 19.1 Å². The fraction of sp³-hybridized carbons (Fsp3) is 0.357. The van der Waals surface area contributed by atoms with Crippen molar-refractivity contribution in [3.63, 3.8) is 0 Å². The first-order valence-corrected chi connectivity index (χ1v) is 5.80. The number of esters is 1. The third-order valence-corrected chi connectivity index (χ3v) is 3.25. The van der Waals surface area contributed by atoms with Crippen molar-refractivity contribution in [2.24, 2.45) is 5.92 Å². The molecule has 2 unspecified atom stereocenters. The van der Waals surface area contributed by atoms with Gasteiger partial charge in [0.2, 0.25) is 0 Å². The van der Waals surface area contributed by atoms with E-state index in [2.05, 4.69) is 4.74 Å². The first-order valence-electron chi connectivity index (χ1n) is 5.80. The Kier molecular flexibility index (Phi) is 3.55. The minimum Gasteiger partial charge on any atom is -0.468 e. The molecule has 1 aliphatic carbocycles. The summed E-state index contributed by atoms with van der Waals surface area (Å²) in [5, 5.41) is 0. The van der Waals surface area contributed by atoms with Gasteiger partial charge in [-0.1, -0.05) is 30.3 Å². The number of carbonyl (C=O) groups is 3. The van der Waals surface area contributed by atoms with Crippen LogP contribution in [0.15, 0.2) is 30.3 Å². The molecule has 0 aromatic heterocycles. The lowest BCUT2D eigenvalue weighted by Gasteiger charge is -2.27. The maximum absolute atomic E-state index is 11.9.